The molecule has 0 aromatic heterocycles. The largest absolute Gasteiger partial charge is 0.493 e. The zero-order valence-corrected chi connectivity index (χ0v) is 15.3. The number of anilines is 1. The van der Waals surface area contributed by atoms with E-state index in [1.54, 1.807) is 13.2 Å². The van der Waals surface area contributed by atoms with E-state index < -0.39 is 0 Å². The second-order valence-electron chi connectivity index (χ2n) is 4.55. The van der Waals surface area contributed by atoms with Gasteiger partial charge in [-0.2, -0.15) is 0 Å². The fourth-order valence-electron chi connectivity index (χ4n) is 2.02. The molecule has 0 spiro atoms. The Labute approximate surface area is 148 Å². The lowest BCUT2D eigenvalue weighted by Crippen LogP contribution is -2.02. The highest BCUT2D eigenvalue weighted by atomic mass is 79.9. The van der Waals surface area contributed by atoms with Gasteiger partial charge in [-0.05, 0) is 58.7 Å². The Morgan fingerprint density at radius 2 is 1.77 bits per heavy atom. The molecule has 2 rings (SSSR count). The first-order valence-corrected chi connectivity index (χ1v) is 8.27. The number of ether oxygens (including phenoxy) is 2. The molecule has 0 saturated heterocycles. The van der Waals surface area contributed by atoms with E-state index in [9.17, 15) is 0 Å². The van der Waals surface area contributed by atoms with E-state index in [-0.39, 0.29) is 0 Å². The van der Waals surface area contributed by atoms with Crippen LogP contribution in [0.3, 0.4) is 0 Å². The molecule has 0 amide bonds. The van der Waals surface area contributed by atoms with Gasteiger partial charge in [-0.15, -0.1) is 0 Å². The van der Waals surface area contributed by atoms with Crippen molar-refractivity contribution >= 4 is 44.8 Å². The summed E-state index contributed by atoms with van der Waals surface area (Å²) in [6, 6.07) is 9.29. The van der Waals surface area contributed by atoms with Crippen LogP contribution in [-0.2, 0) is 6.54 Å². The normalized spacial score (nSPS) is 10.4. The first kappa shape index (κ1) is 17.3. The van der Waals surface area contributed by atoms with E-state index in [2.05, 4.69) is 21.2 Å². The monoisotopic (exact) mass is 403 g/mol. The lowest BCUT2D eigenvalue weighted by molar-refractivity contribution is 0.308. The van der Waals surface area contributed by atoms with Crippen LogP contribution in [0.1, 0.15) is 12.5 Å². The second-order valence-corrected chi connectivity index (χ2v) is 6.28. The van der Waals surface area contributed by atoms with Gasteiger partial charge in [0.05, 0.1) is 18.2 Å². The molecule has 0 aliphatic heterocycles. The highest BCUT2D eigenvalue weighted by Crippen LogP contribution is 2.37. The summed E-state index contributed by atoms with van der Waals surface area (Å²) in [4.78, 5) is 0. The Bertz CT molecular complexity index is 645. The van der Waals surface area contributed by atoms with Gasteiger partial charge in [0.25, 0.3) is 0 Å². The van der Waals surface area contributed by atoms with Crippen molar-refractivity contribution in [2.75, 3.05) is 19.0 Å². The van der Waals surface area contributed by atoms with Crippen LogP contribution in [-0.4, -0.2) is 13.7 Å². The Hall–Kier alpha value is -1.10. The summed E-state index contributed by atoms with van der Waals surface area (Å²) < 4.78 is 11.8. The standard InChI is InChI=1S/C16H16BrCl2NO2/c1-3-22-16-14(17)4-10(5-15(16)21-2)9-20-13-7-11(18)6-12(19)8-13/h4-8,20H,3,9H2,1-2H3. The number of nitrogens with one attached hydrogen (secondary N) is 1. The van der Waals surface area contributed by atoms with Crippen LogP contribution < -0.4 is 14.8 Å². The van der Waals surface area contributed by atoms with E-state index in [1.165, 1.54) is 0 Å². The molecule has 6 heteroatoms. The SMILES string of the molecule is CCOc1c(Br)cc(CNc2cc(Cl)cc(Cl)c2)cc1OC. The fraction of sp³-hybridized carbons (Fsp3) is 0.250. The molecule has 0 fully saturated rings. The Morgan fingerprint density at radius 1 is 1.09 bits per heavy atom. The molecule has 0 atom stereocenters. The van der Waals surface area contributed by atoms with Crippen molar-refractivity contribution < 1.29 is 9.47 Å². The van der Waals surface area contributed by atoms with Crippen molar-refractivity contribution in [3.05, 3.63) is 50.4 Å². The van der Waals surface area contributed by atoms with Crippen LogP contribution in [0.2, 0.25) is 10.0 Å². The second kappa shape index (κ2) is 7.95. The first-order valence-electron chi connectivity index (χ1n) is 6.72. The molecule has 0 unspecified atom stereocenters. The molecule has 2 aromatic rings. The average molecular weight is 405 g/mol. The minimum Gasteiger partial charge on any atom is -0.493 e. The van der Waals surface area contributed by atoms with Crippen molar-refractivity contribution in [1.82, 2.24) is 0 Å². The van der Waals surface area contributed by atoms with Crippen LogP contribution in [0.5, 0.6) is 11.5 Å². The molecule has 22 heavy (non-hydrogen) atoms. The molecule has 118 valence electrons. The summed E-state index contributed by atoms with van der Waals surface area (Å²) in [5, 5.41) is 4.48. The topological polar surface area (TPSA) is 30.5 Å². The highest BCUT2D eigenvalue weighted by Gasteiger charge is 2.11. The van der Waals surface area contributed by atoms with Gasteiger partial charge >= 0.3 is 0 Å². The van der Waals surface area contributed by atoms with Crippen molar-refractivity contribution in [3.8, 4) is 11.5 Å². The quantitative estimate of drug-likeness (QED) is 0.662. The molecule has 0 saturated carbocycles. The predicted octanol–water partition coefficient (Wildman–Crippen LogP) is 5.78. The predicted molar refractivity (Wildman–Crippen MR) is 95.7 cm³/mol. The van der Waals surface area contributed by atoms with Crippen molar-refractivity contribution in [3.63, 3.8) is 0 Å². The zero-order chi connectivity index (χ0) is 16.1. The summed E-state index contributed by atoms with van der Waals surface area (Å²) in [7, 11) is 1.62. The third-order valence-corrected chi connectivity index (χ3v) is 3.96. The number of halogens is 3. The molecule has 0 aliphatic rings. The van der Waals surface area contributed by atoms with Crippen molar-refractivity contribution in [1.29, 1.82) is 0 Å². The molecule has 0 radical (unpaired) electrons. The number of methoxy groups -OCH3 is 1. The molecular weight excluding hydrogens is 389 g/mol. The molecule has 0 bridgehead atoms. The van der Waals surface area contributed by atoms with Crippen LogP contribution in [0.15, 0.2) is 34.8 Å². The summed E-state index contributed by atoms with van der Waals surface area (Å²) in [5.41, 5.74) is 1.91. The van der Waals surface area contributed by atoms with Crippen LogP contribution in [0.4, 0.5) is 5.69 Å². The first-order chi connectivity index (χ1) is 10.5. The van der Waals surface area contributed by atoms with Gasteiger partial charge in [0.15, 0.2) is 11.5 Å². The highest BCUT2D eigenvalue weighted by molar-refractivity contribution is 9.10. The zero-order valence-electron chi connectivity index (χ0n) is 12.3. The summed E-state index contributed by atoms with van der Waals surface area (Å²) in [6.07, 6.45) is 0. The van der Waals surface area contributed by atoms with Crippen LogP contribution in [0, 0.1) is 0 Å². The minimum atomic E-state index is 0.577. The summed E-state index contributed by atoms with van der Waals surface area (Å²) >= 11 is 15.5. The third-order valence-electron chi connectivity index (χ3n) is 2.94. The van der Waals surface area contributed by atoms with Gasteiger partial charge in [0, 0.05) is 22.3 Å². The van der Waals surface area contributed by atoms with E-state index in [4.69, 9.17) is 32.7 Å². The fourth-order valence-corrected chi connectivity index (χ4v) is 3.15. The van der Waals surface area contributed by atoms with Crippen LogP contribution in [0.25, 0.3) is 0 Å². The van der Waals surface area contributed by atoms with Gasteiger partial charge in [-0.25, -0.2) is 0 Å². The van der Waals surface area contributed by atoms with E-state index in [1.807, 2.05) is 31.2 Å². The maximum absolute atomic E-state index is 5.99. The van der Waals surface area contributed by atoms with Crippen molar-refractivity contribution in [2.45, 2.75) is 13.5 Å². The number of rotatable bonds is 6. The maximum atomic E-state index is 5.99. The van der Waals surface area contributed by atoms with Gasteiger partial charge in [-0.3, -0.25) is 0 Å². The minimum absolute atomic E-state index is 0.577. The molecule has 1 N–H and O–H groups in total. The smallest absolute Gasteiger partial charge is 0.175 e. The van der Waals surface area contributed by atoms with Gasteiger partial charge in [-0.1, -0.05) is 23.2 Å². The maximum Gasteiger partial charge on any atom is 0.175 e. The summed E-state index contributed by atoms with van der Waals surface area (Å²) in [5.74, 6) is 1.40. The van der Waals surface area contributed by atoms with E-state index in [0.29, 0.717) is 34.7 Å². The van der Waals surface area contributed by atoms with Gasteiger partial charge < -0.3 is 14.8 Å². The van der Waals surface area contributed by atoms with Gasteiger partial charge in [0.1, 0.15) is 0 Å². The molecule has 2 aromatic carbocycles. The molecule has 0 aliphatic carbocycles. The average Bonchev–Trinajstić information content (AvgIpc) is 2.46. The van der Waals surface area contributed by atoms with E-state index >= 15 is 0 Å². The number of hydrogen-bond donors (Lipinski definition) is 1. The number of benzene rings is 2. The Kier molecular flexibility index (Phi) is 6.24. The molecule has 0 heterocycles. The lowest BCUT2D eigenvalue weighted by Gasteiger charge is -2.14. The Balaban J connectivity index is 2.17. The molecular formula is C16H16BrCl2NO2. The van der Waals surface area contributed by atoms with Crippen molar-refractivity contribution in [2.24, 2.45) is 0 Å². The lowest BCUT2D eigenvalue weighted by atomic mass is 10.2. The number of hydrogen-bond acceptors (Lipinski definition) is 3. The third kappa shape index (κ3) is 4.45. The Morgan fingerprint density at radius 3 is 2.36 bits per heavy atom. The van der Waals surface area contributed by atoms with Crippen LogP contribution >= 0.6 is 39.1 Å². The summed E-state index contributed by atoms with van der Waals surface area (Å²) in [6.45, 7) is 3.12. The van der Waals surface area contributed by atoms with Gasteiger partial charge in [0.2, 0.25) is 0 Å². The molecule has 3 nitrogen and oxygen atoms in total. The van der Waals surface area contributed by atoms with E-state index in [0.717, 1.165) is 15.7 Å².